The van der Waals surface area contributed by atoms with Crippen molar-refractivity contribution in [3.05, 3.63) is 71.3 Å². The maximum Gasteiger partial charge on any atom is 0.266 e. The van der Waals surface area contributed by atoms with E-state index in [1.807, 2.05) is 0 Å². The van der Waals surface area contributed by atoms with Crippen LogP contribution in [0.3, 0.4) is 0 Å². The molecular weight excluding hydrogens is 436 g/mol. The molecule has 9 heteroatoms. The van der Waals surface area contributed by atoms with Crippen LogP contribution >= 0.6 is 15.9 Å². The number of anilines is 1. The Bertz CT molecular complexity index is 1130. The average molecular weight is 449 g/mol. The second kappa shape index (κ2) is 7.09. The highest BCUT2D eigenvalue weighted by atomic mass is 79.9. The summed E-state index contributed by atoms with van der Waals surface area (Å²) >= 11 is 3.30. The van der Waals surface area contributed by atoms with Crippen molar-refractivity contribution in [3.63, 3.8) is 0 Å². The number of sulfone groups is 1. The SMILES string of the molecule is O=S(=O)(c1ccc(Br)cc1)c1nc(-c2ccco2)oc1NCc1ccco1. The van der Waals surface area contributed by atoms with Gasteiger partial charge >= 0.3 is 0 Å². The van der Waals surface area contributed by atoms with Crippen LogP contribution in [0.5, 0.6) is 0 Å². The standard InChI is InChI=1S/C18H13BrN2O5S/c19-12-5-7-14(8-6-12)27(22,23)18-17(20-11-13-3-1-9-24-13)26-16(21-18)15-4-2-10-25-15/h1-10,20H,11H2. The predicted molar refractivity (Wildman–Crippen MR) is 99.8 cm³/mol. The minimum Gasteiger partial charge on any atom is -0.467 e. The van der Waals surface area contributed by atoms with E-state index in [4.69, 9.17) is 13.3 Å². The van der Waals surface area contributed by atoms with Crippen LogP contribution in [0.4, 0.5) is 5.88 Å². The molecule has 3 heterocycles. The fourth-order valence-electron chi connectivity index (χ4n) is 2.41. The zero-order chi connectivity index (χ0) is 18.9. The van der Waals surface area contributed by atoms with Gasteiger partial charge in [0.2, 0.25) is 20.7 Å². The van der Waals surface area contributed by atoms with Gasteiger partial charge in [-0.1, -0.05) is 15.9 Å². The van der Waals surface area contributed by atoms with Gasteiger partial charge in [-0.05, 0) is 48.5 Å². The van der Waals surface area contributed by atoms with Crippen molar-refractivity contribution in [2.45, 2.75) is 16.5 Å². The minimum atomic E-state index is -3.91. The molecule has 0 saturated heterocycles. The first kappa shape index (κ1) is 17.6. The summed E-state index contributed by atoms with van der Waals surface area (Å²) in [5, 5.41) is 2.71. The Balaban J connectivity index is 1.76. The van der Waals surface area contributed by atoms with Gasteiger partial charge in [-0.15, -0.1) is 0 Å². The van der Waals surface area contributed by atoms with E-state index in [0.717, 1.165) is 4.47 Å². The molecule has 4 rings (SSSR count). The molecule has 1 aromatic carbocycles. The summed E-state index contributed by atoms with van der Waals surface area (Å²) in [6.45, 7) is 0.239. The number of aromatic nitrogens is 1. The van der Waals surface area contributed by atoms with Crippen LogP contribution in [-0.2, 0) is 16.4 Å². The lowest BCUT2D eigenvalue weighted by molar-refractivity contribution is 0.504. The number of furan rings is 2. The summed E-state index contributed by atoms with van der Waals surface area (Å²) in [4.78, 5) is 4.27. The lowest BCUT2D eigenvalue weighted by Crippen LogP contribution is -2.07. The molecule has 0 unspecified atom stereocenters. The van der Waals surface area contributed by atoms with E-state index in [0.29, 0.717) is 11.5 Å². The fourth-order valence-corrected chi connectivity index (χ4v) is 3.95. The van der Waals surface area contributed by atoms with Crippen LogP contribution in [-0.4, -0.2) is 13.4 Å². The van der Waals surface area contributed by atoms with Crippen molar-refractivity contribution >= 4 is 31.7 Å². The Labute approximate surface area is 163 Å². The van der Waals surface area contributed by atoms with Gasteiger partial charge in [0.25, 0.3) is 5.89 Å². The molecule has 0 atom stereocenters. The van der Waals surface area contributed by atoms with E-state index in [2.05, 4.69) is 26.2 Å². The van der Waals surface area contributed by atoms with Gasteiger partial charge in [-0.3, -0.25) is 0 Å². The van der Waals surface area contributed by atoms with Crippen LogP contribution in [0, 0.1) is 0 Å². The lowest BCUT2D eigenvalue weighted by Gasteiger charge is -2.05. The zero-order valence-corrected chi connectivity index (χ0v) is 16.2. The van der Waals surface area contributed by atoms with E-state index in [-0.39, 0.29) is 28.2 Å². The van der Waals surface area contributed by atoms with Crippen molar-refractivity contribution in [1.29, 1.82) is 0 Å². The topological polar surface area (TPSA) is 98.5 Å². The number of halogens is 1. The number of rotatable bonds is 6. The predicted octanol–water partition coefficient (Wildman–Crippen LogP) is 4.74. The van der Waals surface area contributed by atoms with Crippen LogP contribution in [0.15, 0.2) is 88.7 Å². The summed E-state index contributed by atoms with van der Waals surface area (Å²) in [5.41, 5.74) is 0. The third-order valence-corrected chi connectivity index (χ3v) is 5.92. The van der Waals surface area contributed by atoms with Gasteiger partial charge in [-0.2, -0.15) is 4.98 Å². The van der Waals surface area contributed by atoms with Gasteiger partial charge in [0, 0.05) is 4.47 Å². The quantitative estimate of drug-likeness (QED) is 0.454. The smallest absolute Gasteiger partial charge is 0.266 e. The minimum absolute atomic E-state index is 0.0146. The monoisotopic (exact) mass is 448 g/mol. The Morgan fingerprint density at radius 3 is 2.41 bits per heavy atom. The van der Waals surface area contributed by atoms with E-state index >= 15 is 0 Å². The highest BCUT2D eigenvalue weighted by Crippen LogP contribution is 2.33. The van der Waals surface area contributed by atoms with E-state index < -0.39 is 9.84 Å². The lowest BCUT2D eigenvalue weighted by atomic mass is 10.4. The van der Waals surface area contributed by atoms with Gasteiger partial charge in [0.15, 0.2) is 5.76 Å². The maximum absolute atomic E-state index is 13.1. The molecule has 7 nitrogen and oxygen atoms in total. The molecular formula is C18H13BrN2O5S. The highest BCUT2D eigenvalue weighted by Gasteiger charge is 2.29. The first-order valence-electron chi connectivity index (χ1n) is 7.85. The molecule has 0 fully saturated rings. The number of nitrogens with zero attached hydrogens (tertiary/aromatic N) is 1. The van der Waals surface area contributed by atoms with Gasteiger partial charge in [0.1, 0.15) is 5.76 Å². The molecule has 4 aromatic rings. The van der Waals surface area contributed by atoms with Crippen LogP contribution < -0.4 is 5.32 Å². The van der Waals surface area contributed by atoms with Crippen molar-refractivity contribution in [2.24, 2.45) is 0 Å². The molecule has 0 aliphatic carbocycles. The Morgan fingerprint density at radius 1 is 1.00 bits per heavy atom. The molecule has 1 N–H and O–H groups in total. The van der Waals surface area contributed by atoms with Crippen molar-refractivity contribution in [1.82, 2.24) is 4.98 Å². The van der Waals surface area contributed by atoms with Gasteiger partial charge in [-0.25, -0.2) is 8.42 Å². The summed E-state index contributed by atoms with van der Waals surface area (Å²) < 4.78 is 43.1. The number of hydrogen-bond donors (Lipinski definition) is 1. The molecule has 0 amide bonds. The normalized spacial score (nSPS) is 11.6. The third-order valence-electron chi connectivity index (χ3n) is 3.71. The first-order valence-corrected chi connectivity index (χ1v) is 10.1. The summed E-state index contributed by atoms with van der Waals surface area (Å²) in [5.74, 6) is 1.03. The van der Waals surface area contributed by atoms with Crippen molar-refractivity contribution in [2.75, 3.05) is 5.32 Å². The molecule has 0 aliphatic heterocycles. The molecule has 0 saturated carbocycles. The average Bonchev–Trinajstić information content (AvgIpc) is 3.40. The van der Waals surface area contributed by atoms with Crippen LogP contribution in [0.25, 0.3) is 11.7 Å². The second-order valence-electron chi connectivity index (χ2n) is 5.52. The molecule has 0 aliphatic rings. The number of oxazole rings is 1. The van der Waals surface area contributed by atoms with E-state index in [1.54, 1.807) is 36.4 Å². The zero-order valence-electron chi connectivity index (χ0n) is 13.8. The fraction of sp³-hybridized carbons (Fsp3) is 0.0556. The van der Waals surface area contributed by atoms with Crippen molar-refractivity contribution < 1.29 is 21.7 Å². The van der Waals surface area contributed by atoms with E-state index in [9.17, 15) is 8.42 Å². The molecule has 0 bridgehead atoms. The molecule has 27 heavy (non-hydrogen) atoms. The Morgan fingerprint density at radius 2 is 1.74 bits per heavy atom. The Kier molecular flexibility index (Phi) is 4.63. The summed E-state index contributed by atoms with van der Waals surface area (Å²) in [7, 11) is -3.91. The second-order valence-corrected chi connectivity index (χ2v) is 8.30. The largest absolute Gasteiger partial charge is 0.467 e. The van der Waals surface area contributed by atoms with Crippen LogP contribution in [0.1, 0.15) is 5.76 Å². The maximum atomic E-state index is 13.1. The summed E-state index contributed by atoms with van der Waals surface area (Å²) in [6, 6.07) is 13.1. The molecule has 3 aromatic heterocycles. The van der Waals surface area contributed by atoms with E-state index in [1.165, 1.54) is 24.7 Å². The highest BCUT2D eigenvalue weighted by molar-refractivity contribution is 9.10. The van der Waals surface area contributed by atoms with Gasteiger partial charge < -0.3 is 18.6 Å². The summed E-state index contributed by atoms with van der Waals surface area (Å²) in [6.07, 6.45) is 2.99. The first-order chi connectivity index (χ1) is 13.0. The third kappa shape index (κ3) is 3.56. The number of benzene rings is 1. The Hall–Kier alpha value is -2.78. The number of hydrogen-bond acceptors (Lipinski definition) is 7. The van der Waals surface area contributed by atoms with Crippen molar-refractivity contribution in [3.8, 4) is 11.7 Å². The molecule has 0 spiro atoms. The molecule has 138 valence electrons. The number of nitrogens with one attached hydrogen (secondary N) is 1. The van der Waals surface area contributed by atoms with Gasteiger partial charge in [0.05, 0.1) is 24.0 Å². The molecule has 0 radical (unpaired) electrons. The van der Waals surface area contributed by atoms with Crippen LogP contribution in [0.2, 0.25) is 0 Å².